The Bertz CT molecular complexity index is 1180. The first-order valence-electron chi connectivity index (χ1n) is 10.8. The topological polar surface area (TPSA) is 93.7 Å². The molecule has 2 N–H and O–H groups in total. The van der Waals surface area contributed by atoms with Gasteiger partial charge in [0.15, 0.2) is 6.61 Å². The maximum absolute atomic E-state index is 12.2. The van der Waals surface area contributed by atoms with Gasteiger partial charge >= 0.3 is 5.97 Å². The number of esters is 1. The average Bonchev–Trinajstić information content (AvgIpc) is 2.83. The van der Waals surface area contributed by atoms with Gasteiger partial charge in [0.25, 0.3) is 5.91 Å². The van der Waals surface area contributed by atoms with E-state index in [1.165, 1.54) is 0 Å². The van der Waals surface area contributed by atoms with Crippen LogP contribution in [0.3, 0.4) is 0 Å². The predicted octanol–water partition coefficient (Wildman–Crippen LogP) is 6.49. The molecule has 3 aromatic rings. The summed E-state index contributed by atoms with van der Waals surface area (Å²) in [4.78, 5) is 36.1. The number of benzene rings is 3. The third-order valence-electron chi connectivity index (χ3n) is 4.81. The molecule has 0 aliphatic carbocycles. The largest absolute Gasteiger partial charge is 0.457 e. The van der Waals surface area contributed by atoms with Gasteiger partial charge in [-0.15, -0.1) is 0 Å². The summed E-state index contributed by atoms with van der Waals surface area (Å²) in [5.74, 6) is 0.101. The maximum atomic E-state index is 12.2. The molecule has 3 aromatic carbocycles. The third-order valence-corrected chi connectivity index (χ3v) is 5.57. The first kappa shape index (κ1) is 26.2. The number of aryl methyl sites for hydroxylation is 1. The highest BCUT2D eigenvalue weighted by Crippen LogP contribution is 2.24. The van der Waals surface area contributed by atoms with Crippen LogP contribution >= 0.6 is 27.5 Å². The van der Waals surface area contributed by atoms with E-state index in [0.717, 1.165) is 10.0 Å². The van der Waals surface area contributed by atoms with Gasteiger partial charge < -0.3 is 20.1 Å². The number of ether oxygens (including phenoxy) is 2. The normalized spacial score (nSPS) is 10.4. The van der Waals surface area contributed by atoms with Crippen molar-refractivity contribution in [3.05, 3.63) is 81.8 Å². The molecule has 3 rings (SSSR count). The van der Waals surface area contributed by atoms with Crippen molar-refractivity contribution in [2.24, 2.45) is 0 Å². The van der Waals surface area contributed by atoms with Crippen molar-refractivity contribution in [2.45, 2.75) is 26.2 Å². The van der Waals surface area contributed by atoms with Crippen molar-refractivity contribution in [3.63, 3.8) is 0 Å². The molecule has 0 saturated heterocycles. The van der Waals surface area contributed by atoms with E-state index >= 15 is 0 Å². The molecule has 0 aromatic heterocycles. The Hall–Kier alpha value is -3.36. The number of carbonyl (C=O) groups excluding carboxylic acids is 3. The molecular weight excluding hydrogens is 536 g/mol. The highest BCUT2D eigenvalue weighted by atomic mass is 79.9. The second-order valence-electron chi connectivity index (χ2n) is 7.65. The Morgan fingerprint density at radius 3 is 2.20 bits per heavy atom. The molecule has 2 amide bonds. The van der Waals surface area contributed by atoms with E-state index < -0.39 is 18.5 Å². The van der Waals surface area contributed by atoms with Crippen molar-refractivity contribution in [1.82, 2.24) is 0 Å². The Labute approximate surface area is 216 Å². The minimum absolute atomic E-state index is 0.0247. The Balaban J connectivity index is 1.33. The smallest absolute Gasteiger partial charge is 0.306 e. The van der Waals surface area contributed by atoms with E-state index in [1.54, 1.807) is 42.5 Å². The summed E-state index contributed by atoms with van der Waals surface area (Å²) in [5, 5.41) is 5.92. The van der Waals surface area contributed by atoms with E-state index in [2.05, 4.69) is 26.6 Å². The van der Waals surface area contributed by atoms with Crippen LogP contribution in [0.1, 0.15) is 24.8 Å². The summed E-state index contributed by atoms with van der Waals surface area (Å²) < 4.78 is 11.7. The van der Waals surface area contributed by atoms with E-state index in [4.69, 9.17) is 21.1 Å². The van der Waals surface area contributed by atoms with Gasteiger partial charge in [-0.25, -0.2) is 0 Å². The van der Waals surface area contributed by atoms with Crippen LogP contribution in [0, 0.1) is 6.92 Å². The molecule has 7 nitrogen and oxygen atoms in total. The number of nitrogens with one attached hydrogen (secondary N) is 2. The average molecular weight is 560 g/mol. The second-order valence-corrected chi connectivity index (χ2v) is 9.00. The lowest BCUT2D eigenvalue weighted by atomic mass is 10.2. The Morgan fingerprint density at radius 1 is 0.857 bits per heavy atom. The lowest BCUT2D eigenvalue weighted by Gasteiger charge is -2.10. The van der Waals surface area contributed by atoms with Crippen LogP contribution < -0.4 is 15.4 Å². The second kappa shape index (κ2) is 12.9. The summed E-state index contributed by atoms with van der Waals surface area (Å²) in [7, 11) is 0. The van der Waals surface area contributed by atoms with Crippen LogP contribution in [0.5, 0.6) is 11.5 Å². The molecule has 0 radical (unpaired) electrons. The predicted molar refractivity (Wildman–Crippen MR) is 139 cm³/mol. The molecule has 0 unspecified atom stereocenters. The number of rotatable bonds is 10. The number of amides is 2. The molecular formula is C26H24BrClN2O5. The van der Waals surface area contributed by atoms with Crippen molar-refractivity contribution in [1.29, 1.82) is 0 Å². The van der Waals surface area contributed by atoms with Crippen LogP contribution in [-0.2, 0) is 19.1 Å². The number of halogens is 2. The van der Waals surface area contributed by atoms with Crippen LogP contribution in [0.2, 0.25) is 5.02 Å². The lowest BCUT2D eigenvalue weighted by molar-refractivity contribution is -0.147. The zero-order valence-corrected chi connectivity index (χ0v) is 21.3. The minimum atomic E-state index is -0.551. The van der Waals surface area contributed by atoms with Gasteiger partial charge in [0.1, 0.15) is 11.5 Å². The van der Waals surface area contributed by atoms with Crippen LogP contribution in [0.4, 0.5) is 11.4 Å². The third kappa shape index (κ3) is 9.07. The van der Waals surface area contributed by atoms with Crippen molar-refractivity contribution in [2.75, 3.05) is 17.2 Å². The summed E-state index contributed by atoms with van der Waals surface area (Å²) in [6.45, 7) is 1.42. The standard InChI is InChI=1S/C26H24BrClN2O5/c1-17-5-8-19(28)15-23(17)30-25(32)16-34-26(33)4-2-3-24(31)29-20-9-13-22(14-10-20)35-21-11-6-18(27)7-12-21/h5-15H,2-4,16H2,1H3,(H,29,31)(H,30,32). The molecule has 35 heavy (non-hydrogen) atoms. The van der Waals surface area contributed by atoms with E-state index in [1.807, 2.05) is 31.2 Å². The summed E-state index contributed by atoms with van der Waals surface area (Å²) in [5.41, 5.74) is 2.02. The summed E-state index contributed by atoms with van der Waals surface area (Å²) in [6.07, 6.45) is 0.460. The van der Waals surface area contributed by atoms with E-state index in [9.17, 15) is 14.4 Å². The molecule has 0 aliphatic heterocycles. The highest BCUT2D eigenvalue weighted by molar-refractivity contribution is 9.10. The minimum Gasteiger partial charge on any atom is -0.457 e. The van der Waals surface area contributed by atoms with Crippen molar-refractivity contribution >= 4 is 56.7 Å². The Morgan fingerprint density at radius 2 is 1.51 bits per heavy atom. The Kier molecular flexibility index (Phi) is 9.69. The maximum Gasteiger partial charge on any atom is 0.306 e. The zero-order chi connectivity index (χ0) is 25.2. The first-order chi connectivity index (χ1) is 16.8. The molecule has 0 bridgehead atoms. The molecule has 0 fully saturated rings. The fraction of sp³-hybridized carbons (Fsp3) is 0.192. The van der Waals surface area contributed by atoms with E-state index in [0.29, 0.717) is 34.3 Å². The number of hydrogen-bond acceptors (Lipinski definition) is 5. The van der Waals surface area contributed by atoms with Crippen molar-refractivity contribution < 1.29 is 23.9 Å². The molecule has 0 saturated carbocycles. The van der Waals surface area contributed by atoms with E-state index in [-0.39, 0.29) is 18.7 Å². The quantitative estimate of drug-likeness (QED) is 0.277. The van der Waals surface area contributed by atoms with Gasteiger partial charge in [-0.1, -0.05) is 33.6 Å². The fourth-order valence-corrected chi connectivity index (χ4v) is 3.43. The SMILES string of the molecule is Cc1ccc(Cl)cc1NC(=O)COC(=O)CCCC(=O)Nc1ccc(Oc2ccc(Br)cc2)cc1. The van der Waals surface area contributed by atoms with Crippen LogP contribution in [-0.4, -0.2) is 24.4 Å². The van der Waals surface area contributed by atoms with Crippen molar-refractivity contribution in [3.8, 4) is 11.5 Å². The summed E-state index contributed by atoms with van der Waals surface area (Å²) >= 11 is 9.30. The van der Waals surface area contributed by atoms with Gasteiger partial charge in [0, 0.05) is 33.7 Å². The van der Waals surface area contributed by atoms with Gasteiger partial charge in [-0.2, -0.15) is 0 Å². The van der Waals surface area contributed by atoms with Crippen LogP contribution in [0.15, 0.2) is 71.2 Å². The molecule has 0 spiro atoms. The zero-order valence-electron chi connectivity index (χ0n) is 19.0. The molecule has 182 valence electrons. The van der Waals surface area contributed by atoms with Gasteiger partial charge in [0.2, 0.25) is 5.91 Å². The molecule has 9 heteroatoms. The van der Waals surface area contributed by atoms with Gasteiger partial charge in [-0.05, 0) is 79.6 Å². The van der Waals surface area contributed by atoms with Gasteiger partial charge in [-0.3, -0.25) is 14.4 Å². The summed E-state index contributed by atoms with van der Waals surface area (Å²) in [6, 6.07) is 19.6. The van der Waals surface area contributed by atoms with Crippen LogP contribution in [0.25, 0.3) is 0 Å². The number of carbonyl (C=O) groups is 3. The highest BCUT2D eigenvalue weighted by Gasteiger charge is 2.11. The molecule has 0 aliphatic rings. The molecule has 0 atom stereocenters. The monoisotopic (exact) mass is 558 g/mol. The van der Waals surface area contributed by atoms with Gasteiger partial charge in [0.05, 0.1) is 0 Å². The lowest BCUT2D eigenvalue weighted by Crippen LogP contribution is -2.21. The first-order valence-corrected chi connectivity index (χ1v) is 12.0. The number of anilines is 2. The molecule has 0 heterocycles. The fourth-order valence-electron chi connectivity index (χ4n) is 3.00. The number of hydrogen-bond donors (Lipinski definition) is 2.